The van der Waals surface area contributed by atoms with Crippen LogP contribution < -0.4 is 11.4 Å². The van der Waals surface area contributed by atoms with E-state index in [1.165, 1.54) is 21.5 Å². The molecule has 12 rings (SSSR count). The second-order valence-electron chi connectivity index (χ2n) is 20.6. The molecule has 0 spiro atoms. The quantitative estimate of drug-likeness (QED) is 0.153. The van der Waals surface area contributed by atoms with Gasteiger partial charge in [-0.05, 0) is 125 Å². The maximum atomic E-state index is 16.6. The highest BCUT2D eigenvalue weighted by Crippen LogP contribution is 2.51. The average Bonchev–Trinajstić information content (AvgIpc) is 3.78. The monoisotopic (exact) mass is 938 g/mol. The largest absolute Gasteiger partial charge is 0.438 e. The number of hydrogen-bond donors (Lipinski definition) is 1. The number of amides is 1. The summed E-state index contributed by atoms with van der Waals surface area (Å²) in [5, 5.41) is 14.9. The zero-order valence-corrected chi connectivity index (χ0v) is 39.3. The van der Waals surface area contributed by atoms with Crippen molar-refractivity contribution in [2.75, 3.05) is 26.4 Å². The summed E-state index contributed by atoms with van der Waals surface area (Å²) in [6, 6.07) is 14.4. The lowest BCUT2D eigenvalue weighted by Crippen LogP contribution is -2.43. The first-order chi connectivity index (χ1) is 33.0. The molecule has 8 heterocycles. The standard InChI is InChI=1S/C51H52F2N10O6/c1-28-19-34(20-29(2)42(28)52)63-44(60-17-16-59(48(60)66)39-10-9-38-35(43(39)53)24-54-61(38)25-50(6)26-67-27-50)41-30(3)58(15-11-36(41)56-63)45(64)40-22-33-21-31(32-12-18-68-49(4,5)23-32)7-8-37(33)62(40)51(13-14-51)46-55-47(65)69-57-46/h7-10,16-17,19-22,24,30,32H,11-15,18,23,25-27H2,1-6H3,(H,55,57,65)/t30-,32-/m0/s1. The summed E-state index contributed by atoms with van der Waals surface area (Å²) in [5.41, 5.74) is 3.88. The SMILES string of the molecule is Cc1cc(-n2nc3c(c2-n2ccn(-c4ccc5c(cnn5CC5(C)COC5)c4F)c2=O)[C@H](C)N(C(=O)c2cc4cc([C@H]5CCOC(C)(C)C5)ccc4n2C2(c4noc(=O)[nH]4)CC2)CC3)cc(C)c1F. The maximum Gasteiger partial charge on any atom is 0.438 e. The minimum Gasteiger partial charge on any atom is -0.380 e. The van der Waals surface area contributed by atoms with E-state index < -0.39 is 28.8 Å². The lowest BCUT2D eigenvalue weighted by Gasteiger charge is -2.37. The lowest BCUT2D eigenvalue weighted by atomic mass is 9.83. The molecule has 69 heavy (non-hydrogen) atoms. The van der Waals surface area contributed by atoms with Gasteiger partial charge in [0.15, 0.2) is 11.6 Å². The molecule has 3 fully saturated rings. The number of hydrogen-bond acceptors (Lipinski definition) is 9. The number of ether oxygens (including phenoxy) is 2. The zero-order valence-electron chi connectivity index (χ0n) is 39.3. The third kappa shape index (κ3) is 6.80. The molecule has 0 unspecified atom stereocenters. The number of fused-ring (bicyclic) bond motifs is 3. The van der Waals surface area contributed by atoms with Crippen LogP contribution in [0.15, 0.2) is 81.2 Å². The third-order valence-corrected chi connectivity index (χ3v) is 15.1. The first-order valence-corrected chi connectivity index (χ1v) is 23.6. The fraction of sp³-hybridized carbons (Fsp3) is 0.412. The molecule has 1 amide bonds. The summed E-state index contributed by atoms with van der Waals surface area (Å²) in [6.45, 7) is 14.3. The van der Waals surface area contributed by atoms with Crippen LogP contribution >= 0.6 is 0 Å². The number of halogens is 2. The van der Waals surface area contributed by atoms with E-state index in [1.54, 1.807) is 58.6 Å². The van der Waals surface area contributed by atoms with Gasteiger partial charge in [-0.3, -0.25) is 28.1 Å². The van der Waals surface area contributed by atoms with Gasteiger partial charge in [-0.15, -0.1) is 0 Å². The van der Waals surface area contributed by atoms with Gasteiger partial charge in [0.1, 0.15) is 22.9 Å². The van der Waals surface area contributed by atoms with Crippen LogP contribution in [0.2, 0.25) is 0 Å². The number of H-pyrrole nitrogens is 1. The van der Waals surface area contributed by atoms with Crippen LogP contribution in [0.5, 0.6) is 0 Å². The Labute approximate surface area is 394 Å². The van der Waals surface area contributed by atoms with Gasteiger partial charge in [0.2, 0.25) is 0 Å². The van der Waals surface area contributed by atoms with E-state index in [2.05, 4.69) is 54.2 Å². The van der Waals surface area contributed by atoms with E-state index in [0.29, 0.717) is 103 Å². The second-order valence-corrected chi connectivity index (χ2v) is 20.6. The Morgan fingerprint density at radius 1 is 0.942 bits per heavy atom. The zero-order chi connectivity index (χ0) is 47.9. The van der Waals surface area contributed by atoms with Crippen LogP contribution in [0, 0.1) is 30.9 Å². The molecule has 18 heteroatoms. The van der Waals surface area contributed by atoms with E-state index in [4.69, 9.17) is 19.1 Å². The van der Waals surface area contributed by atoms with Gasteiger partial charge < -0.3 is 18.9 Å². The van der Waals surface area contributed by atoms with E-state index in [-0.39, 0.29) is 39.7 Å². The average molecular weight is 939 g/mol. The molecule has 1 aliphatic carbocycles. The fourth-order valence-corrected chi connectivity index (χ4v) is 11.3. The van der Waals surface area contributed by atoms with E-state index in [0.717, 1.165) is 29.3 Å². The third-order valence-electron chi connectivity index (χ3n) is 15.1. The highest BCUT2D eigenvalue weighted by molar-refractivity contribution is 6.00. The molecular weight excluding hydrogens is 887 g/mol. The minimum absolute atomic E-state index is 0.0428. The van der Waals surface area contributed by atoms with Gasteiger partial charge in [0.05, 0.1) is 65.6 Å². The molecular formula is C51H52F2N10O6. The maximum absolute atomic E-state index is 16.6. The summed E-state index contributed by atoms with van der Waals surface area (Å²) in [4.78, 5) is 47.3. The van der Waals surface area contributed by atoms with Crippen molar-refractivity contribution in [2.24, 2.45) is 5.41 Å². The molecule has 356 valence electrons. The summed E-state index contributed by atoms with van der Waals surface area (Å²) in [7, 11) is 0. The van der Waals surface area contributed by atoms with Crippen molar-refractivity contribution >= 4 is 27.7 Å². The van der Waals surface area contributed by atoms with Gasteiger partial charge in [-0.2, -0.15) is 10.2 Å². The van der Waals surface area contributed by atoms with Gasteiger partial charge in [0.25, 0.3) is 5.91 Å². The predicted molar refractivity (Wildman–Crippen MR) is 251 cm³/mol. The number of carbonyl (C=O) groups is 1. The molecule has 8 aromatic rings. The summed E-state index contributed by atoms with van der Waals surface area (Å²) < 4.78 is 56.4. The van der Waals surface area contributed by atoms with Crippen molar-refractivity contribution in [3.8, 4) is 17.2 Å². The van der Waals surface area contributed by atoms with Crippen LogP contribution in [0.4, 0.5) is 8.78 Å². The molecule has 1 N–H and O–H groups in total. The van der Waals surface area contributed by atoms with Crippen molar-refractivity contribution in [1.82, 2.24) is 48.3 Å². The normalized spacial score (nSPS) is 20.4. The molecule has 3 aromatic carbocycles. The number of carbonyl (C=O) groups excluding carboxylic acids is 1. The molecule has 5 aromatic heterocycles. The van der Waals surface area contributed by atoms with E-state index in [1.807, 2.05) is 17.6 Å². The Morgan fingerprint density at radius 2 is 1.70 bits per heavy atom. The number of aromatic amines is 1. The Bertz CT molecular complexity index is 3520. The van der Waals surface area contributed by atoms with Crippen molar-refractivity contribution in [1.29, 1.82) is 0 Å². The van der Waals surface area contributed by atoms with Crippen molar-refractivity contribution in [3.63, 3.8) is 0 Å². The Morgan fingerprint density at radius 3 is 2.39 bits per heavy atom. The Balaban J connectivity index is 0.971. The number of nitrogens with one attached hydrogen (secondary N) is 1. The predicted octanol–water partition coefficient (Wildman–Crippen LogP) is 7.70. The lowest BCUT2D eigenvalue weighted by molar-refractivity contribution is -0.111. The summed E-state index contributed by atoms with van der Waals surface area (Å²) in [6.07, 6.45) is 7.88. The Kier molecular flexibility index (Phi) is 9.61. The first-order valence-electron chi connectivity index (χ1n) is 23.6. The van der Waals surface area contributed by atoms with Crippen molar-refractivity contribution in [2.45, 2.75) is 103 Å². The topological polar surface area (TPSA) is 165 Å². The highest BCUT2D eigenvalue weighted by Gasteiger charge is 2.53. The molecule has 2 atom stereocenters. The summed E-state index contributed by atoms with van der Waals surface area (Å²) in [5.74, 6) is -0.919. The van der Waals surface area contributed by atoms with Crippen LogP contribution in [0.3, 0.4) is 0 Å². The molecule has 0 radical (unpaired) electrons. The molecule has 16 nitrogen and oxygen atoms in total. The molecule has 2 saturated heterocycles. The van der Waals surface area contributed by atoms with Crippen molar-refractivity contribution < 1.29 is 27.6 Å². The number of nitrogens with zero attached hydrogens (tertiary/aromatic N) is 9. The van der Waals surface area contributed by atoms with E-state index >= 15 is 13.6 Å². The van der Waals surface area contributed by atoms with Crippen LogP contribution in [0.1, 0.15) is 110 Å². The number of aryl methyl sites for hydroxylation is 2. The van der Waals surface area contributed by atoms with Crippen LogP contribution in [0.25, 0.3) is 39.0 Å². The number of benzene rings is 3. The van der Waals surface area contributed by atoms with Crippen LogP contribution in [-0.2, 0) is 28.0 Å². The van der Waals surface area contributed by atoms with Gasteiger partial charge >= 0.3 is 11.4 Å². The highest BCUT2D eigenvalue weighted by atomic mass is 19.1. The van der Waals surface area contributed by atoms with Gasteiger partial charge in [-0.1, -0.05) is 18.1 Å². The van der Waals surface area contributed by atoms with E-state index in [9.17, 15) is 9.59 Å². The minimum atomic E-state index is -0.823. The number of imidazole rings is 1. The Hall–Kier alpha value is -6.92. The molecule has 3 aliphatic heterocycles. The smallest absolute Gasteiger partial charge is 0.380 e. The van der Waals surface area contributed by atoms with Crippen molar-refractivity contribution in [3.05, 3.63) is 139 Å². The molecule has 0 bridgehead atoms. The number of rotatable bonds is 9. The second kappa shape index (κ2) is 15.3. The summed E-state index contributed by atoms with van der Waals surface area (Å²) >= 11 is 0. The first kappa shape index (κ1) is 43.4. The number of aromatic nitrogens is 9. The van der Waals surface area contributed by atoms with Gasteiger partial charge in [-0.25, -0.2) is 23.1 Å². The van der Waals surface area contributed by atoms with Gasteiger partial charge in [0, 0.05) is 53.8 Å². The fourth-order valence-electron chi connectivity index (χ4n) is 11.3. The molecule has 1 saturated carbocycles. The molecule has 4 aliphatic rings. The van der Waals surface area contributed by atoms with Crippen LogP contribution in [-0.4, -0.2) is 86.2 Å².